The van der Waals surface area contributed by atoms with Crippen LogP contribution in [0.3, 0.4) is 0 Å². The Kier molecular flexibility index (Phi) is 5.23. The third kappa shape index (κ3) is 4.51. The van der Waals surface area contributed by atoms with Gasteiger partial charge in [-0.15, -0.1) is 0 Å². The molecule has 1 aromatic rings. The number of hydrogen-bond acceptors (Lipinski definition) is 2. The van der Waals surface area contributed by atoms with Crippen molar-refractivity contribution in [3.05, 3.63) is 29.3 Å². The van der Waals surface area contributed by atoms with Crippen LogP contribution in [0.25, 0.3) is 0 Å². The van der Waals surface area contributed by atoms with Gasteiger partial charge in [0, 0.05) is 23.2 Å². The zero-order chi connectivity index (χ0) is 13.7. The van der Waals surface area contributed by atoms with Crippen molar-refractivity contribution in [2.45, 2.75) is 38.6 Å². The van der Waals surface area contributed by atoms with E-state index in [1.807, 2.05) is 12.1 Å². The molecule has 1 atom stereocenters. The number of benzene rings is 1. The van der Waals surface area contributed by atoms with E-state index in [1.165, 1.54) is 19.3 Å². The first-order valence-electron chi connectivity index (χ1n) is 6.94. The monoisotopic (exact) mass is 280 g/mol. The Morgan fingerprint density at radius 1 is 1.26 bits per heavy atom. The second-order valence-electron chi connectivity index (χ2n) is 5.20. The van der Waals surface area contributed by atoms with Gasteiger partial charge in [-0.25, -0.2) is 0 Å². The van der Waals surface area contributed by atoms with Gasteiger partial charge in [0.2, 0.25) is 5.91 Å². The van der Waals surface area contributed by atoms with Crippen molar-refractivity contribution < 1.29 is 4.79 Å². The van der Waals surface area contributed by atoms with Crippen LogP contribution in [0.5, 0.6) is 0 Å². The van der Waals surface area contributed by atoms with Crippen LogP contribution in [0.1, 0.15) is 32.6 Å². The molecule has 1 fully saturated rings. The second kappa shape index (κ2) is 6.92. The fourth-order valence-corrected chi connectivity index (χ4v) is 2.63. The number of carbonyl (C=O) groups is 1. The highest BCUT2D eigenvalue weighted by molar-refractivity contribution is 6.30. The molecule has 0 radical (unpaired) electrons. The van der Waals surface area contributed by atoms with Crippen molar-refractivity contribution in [1.82, 2.24) is 4.90 Å². The van der Waals surface area contributed by atoms with Crippen molar-refractivity contribution in [3.63, 3.8) is 0 Å². The normalized spacial score (nSPS) is 18.0. The van der Waals surface area contributed by atoms with E-state index in [1.54, 1.807) is 12.1 Å². The molecule has 0 saturated carbocycles. The highest BCUT2D eigenvalue weighted by atomic mass is 35.5. The topological polar surface area (TPSA) is 32.3 Å². The quantitative estimate of drug-likeness (QED) is 0.915. The number of hydrogen-bond donors (Lipinski definition) is 1. The van der Waals surface area contributed by atoms with Crippen LogP contribution in [-0.2, 0) is 4.79 Å². The molecule has 2 rings (SSSR count). The highest BCUT2D eigenvalue weighted by Gasteiger charge is 2.19. The Hall–Kier alpha value is -1.06. The average Bonchev–Trinajstić information content (AvgIpc) is 2.42. The number of nitrogens with zero attached hydrogens (tertiary/aromatic N) is 1. The predicted octanol–water partition coefficient (Wildman–Crippen LogP) is 3.54. The smallest absolute Gasteiger partial charge is 0.225 e. The second-order valence-corrected chi connectivity index (χ2v) is 5.64. The lowest BCUT2D eigenvalue weighted by atomic mass is 10.1. The van der Waals surface area contributed by atoms with Crippen LogP contribution in [-0.4, -0.2) is 29.9 Å². The van der Waals surface area contributed by atoms with E-state index < -0.39 is 0 Å². The molecule has 0 bridgehead atoms. The van der Waals surface area contributed by atoms with E-state index in [-0.39, 0.29) is 5.91 Å². The molecule has 1 N–H and O–H groups in total. The summed E-state index contributed by atoms with van der Waals surface area (Å²) < 4.78 is 0. The van der Waals surface area contributed by atoms with Gasteiger partial charge in [-0.2, -0.15) is 0 Å². The SMILES string of the molecule is CC(CC(=O)Nc1ccc(Cl)cc1)N1CCCCC1. The van der Waals surface area contributed by atoms with Crippen LogP contribution in [0.2, 0.25) is 5.02 Å². The molecule has 1 amide bonds. The molecule has 1 aliphatic heterocycles. The summed E-state index contributed by atoms with van der Waals surface area (Å²) in [5.74, 6) is 0.0698. The Morgan fingerprint density at radius 2 is 1.89 bits per heavy atom. The fourth-order valence-electron chi connectivity index (χ4n) is 2.50. The number of piperidine rings is 1. The van der Waals surface area contributed by atoms with Gasteiger partial charge in [0.15, 0.2) is 0 Å². The maximum absolute atomic E-state index is 12.0. The lowest BCUT2D eigenvalue weighted by molar-refractivity contribution is -0.117. The van der Waals surface area contributed by atoms with Crippen molar-refractivity contribution in [2.75, 3.05) is 18.4 Å². The summed E-state index contributed by atoms with van der Waals surface area (Å²) in [6.07, 6.45) is 4.37. The third-order valence-electron chi connectivity index (χ3n) is 3.62. The summed E-state index contributed by atoms with van der Waals surface area (Å²) in [6, 6.07) is 7.53. The minimum atomic E-state index is 0.0698. The van der Waals surface area contributed by atoms with Gasteiger partial charge < -0.3 is 10.2 Å². The van der Waals surface area contributed by atoms with Crippen LogP contribution in [0.4, 0.5) is 5.69 Å². The Labute approximate surface area is 119 Å². The molecule has 3 nitrogen and oxygen atoms in total. The van der Waals surface area contributed by atoms with Crippen LogP contribution in [0, 0.1) is 0 Å². The number of carbonyl (C=O) groups excluding carboxylic acids is 1. The predicted molar refractivity (Wildman–Crippen MR) is 79.6 cm³/mol. The van der Waals surface area contributed by atoms with Crippen LogP contribution < -0.4 is 5.32 Å². The minimum Gasteiger partial charge on any atom is -0.326 e. The van der Waals surface area contributed by atoms with E-state index in [0.29, 0.717) is 17.5 Å². The van der Waals surface area contributed by atoms with E-state index in [4.69, 9.17) is 11.6 Å². The molecule has 1 heterocycles. The number of likely N-dealkylation sites (tertiary alicyclic amines) is 1. The molecule has 1 aromatic carbocycles. The zero-order valence-electron chi connectivity index (χ0n) is 11.4. The van der Waals surface area contributed by atoms with Gasteiger partial charge in [0.1, 0.15) is 0 Å². The van der Waals surface area contributed by atoms with Crippen molar-refractivity contribution in [2.24, 2.45) is 0 Å². The van der Waals surface area contributed by atoms with E-state index in [9.17, 15) is 4.79 Å². The largest absolute Gasteiger partial charge is 0.326 e. The van der Waals surface area contributed by atoms with E-state index >= 15 is 0 Å². The third-order valence-corrected chi connectivity index (χ3v) is 3.87. The molecule has 1 saturated heterocycles. The minimum absolute atomic E-state index is 0.0698. The molecule has 4 heteroatoms. The molecule has 19 heavy (non-hydrogen) atoms. The first-order chi connectivity index (χ1) is 9.15. The number of halogens is 1. The summed E-state index contributed by atoms with van der Waals surface area (Å²) in [7, 11) is 0. The van der Waals surface area contributed by atoms with E-state index in [0.717, 1.165) is 18.8 Å². The van der Waals surface area contributed by atoms with Crippen molar-refractivity contribution in [1.29, 1.82) is 0 Å². The molecular weight excluding hydrogens is 260 g/mol. The maximum Gasteiger partial charge on any atom is 0.225 e. The van der Waals surface area contributed by atoms with Crippen molar-refractivity contribution >= 4 is 23.2 Å². The molecule has 0 aliphatic carbocycles. The fraction of sp³-hybridized carbons (Fsp3) is 0.533. The Bertz CT molecular complexity index is 413. The molecule has 1 unspecified atom stereocenters. The van der Waals surface area contributed by atoms with E-state index in [2.05, 4.69) is 17.1 Å². The van der Waals surface area contributed by atoms with Crippen molar-refractivity contribution in [3.8, 4) is 0 Å². The highest BCUT2D eigenvalue weighted by Crippen LogP contribution is 2.16. The number of anilines is 1. The van der Waals surface area contributed by atoms with Gasteiger partial charge in [-0.05, 0) is 57.1 Å². The zero-order valence-corrected chi connectivity index (χ0v) is 12.1. The number of nitrogens with one attached hydrogen (secondary N) is 1. The summed E-state index contributed by atoms with van der Waals surface area (Å²) in [4.78, 5) is 14.4. The molecule has 0 spiro atoms. The maximum atomic E-state index is 12.0. The van der Waals surface area contributed by atoms with Crippen LogP contribution >= 0.6 is 11.6 Å². The first kappa shape index (κ1) is 14.4. The van der Waals surface area contributed by atoms with Gasteiger partial charge in [-0.3, -0.25) is 4.79 Å². The van der Waals surface area contributed by atoms with Gasteiger partial charge >= 0.3 is 0 Å². The first-order valence-corrected chi connectivity index (χ1v) is 7.32. The number of rotatable bonds is 4. The van der Waals surface area contributed by atoms with Gasteiger partial charge in [0.05, 0.1) is 0 Å². The standard InChI is InChI=1S/C15H21ClN2O/c1-12(18-9-3-2-4-10-18)11-15(19)17-14-7-5-13(16)6-8-14/h5-8,12H,2-4,9-11H2,1H3,(H,17,19). The summed E-state index contributed by atoms with van der Waals surface area (Å²) in [6.45, 7) is 4.37. The average molecular weight is 281 g/mol. The number of amides is 1. The van der Waals surface area contributed by atoms with Gasteiger partial charge in [0.25, 0.3) is 0 Å². The summed E-state index contributed by atoms with van der Waals surface area (Å²) in [5.41, 5.74) is 0.806. The molecule has 104 valence electrons. The summed E-state index contributed by atoms with van der Waals surface area (Å²) >= 11 is 5.81. The molecular formula is C15H21ClN2O. The summed E-state index contributed by atoms with van der Waals surface area (Å²) in [5, 5.41) is 3.60. The molecule has 1 aliphatic rings. The lowest BCUT2D eigenvalue weighted by Gasteiger charge is -2.31. The lowest BCUT2D eigenvalue weighted by Crippen LogP contribution is -2.39. The van der Waals surface area contributed by atoms with Crippen LogP contribution in [0.15, 0.2) is 24.3 Å². The Morgan fingerprint density at radius 3 is 2.53 bits per heavy atom. The molecule has 0 aromatic heterocycles. The van der Waals surface area contributed by atoms with Gasteiger partial charge in [-0.1, -0.05) is 18.0 Å². The Balaban J connectivity index is 1.81.